The Balaban J connectivity index is 1.49. The van der Waals surface area contributed by atoms with Gasteiger partial charge in [0.05, 0.1) is 37.8 Å². The van der Waals surface area contributed by atoms with Crippen molar-refractivity contribution in [2.75, 3.05) is 26.9 Å². The molecule has 0 unspecified atom stereocenters. The highest BCUT2D eigenvalue weighted by molar-refractivity contribution is 5.77. The van der Waals surface area contributed by atoms with E-state index >= 15 is 0 Å². The van der Waals surface area contributed by atoms with E-state index in [1.807, 2.05) is 7.05 Å². The van der Waals surface area contributed by atoms with Crippen LogP contribution in [-0.4, -0.2) is 64.6 Å². The normalized spacial score (nSPS) is 20.0. The number of hydrogen-bond acceptors (Lipinski definition) is 7. The predicted molar refractivity (Wildman–Crippen MR) is 85.9 cm³/mol. The van der Waals surface area contributed by atoms with Gasteiger partial charge in [0.15, 0.2) is 5.75 Å². The average molecular weight is 350 g/mol. The second-order valence-electron chi connectivity index (χ2n) is 5.97. The summed E-state index contributed by atoms with van der Waals surface area (Å²) in [6.45, 7) is 2.75. The topological polar surface area (TPSA) is 91.9 Å². The zero-order valence-electron chi connectivity index (χ0n) is 14.5. The summed E-state index contributed by atoms with van der Waals surface area (Å²) >= 11 is 0. The first-order valence-electron chi connectivity index (χ1n) is 8.00. The van der Waals surface area contributed by atoms with E-state index in [0.29, 0.717) is 30.6 Å². The van der Waals surface area contributed by atoms with Crippen LogP contribution in [0, 0.1) is 6.92 Å². The number of amides is 1. The van der Waals surface area contributed by atoms with Gasteiger partial charge in [0.25, 0.3) is 0 Å². The first-order valence-corrected chi connectivity index (χ1v) is 8.00. The molecule has 9 nitrogen and oxygen atoms in total. The molecule has 1 aliphatic rings. The first-order chi connectivity index (χ1) is 12.0. The molecule has 0 radical (unpaired) electrons. The Hall–Kier alpha value is -2.39. The number of carbonyl (C=O) groups excluding carboxylic acids is 1. The summed E-state index contributed by atoms with van der Waals surface area (Å²) in [5.41, 5.74) is 0. The molecule has 0 bridgehead atoms. The number of aryl methyl sites for hydroxylation is 2. The lowest BCUT2D eigenvalue weighted by Crippen LogP contribution is -2.47. The van der Waals surface area contributed by atoms with Crippen molar-refractivity contribution in [3.05, 3.63) is 30.2 Å². The molecule has 25 heavy (non-hydrogen) atoms. The Morgan fingerprint density at radius 3 is 2.96 bits per heavy atom. The molecule has 0 saturated carbocycles. The minimum atomic E-state index is -0.243. The molecule has 2 atom stereocenters. The Morgan fingerprint density at radius 1 is 1.44 bits per heavy atom. The second kappa shape index (κ2) is 7.66. The van der Waals surface area contributed by atoms with E-state index in [1.165, 1.54) is 0 Å². The van der Waals surface area contributed by atoms with Crippen LogP contribution in [0.2, 0.25) is 0 Å². The maximum absolute atomic E-state index is 12.3. The third-order valence-electron chi connectivity index (χ3n) is 3.98. The highest BCUT2D eigenvalue weighted by Crippen LogP contribution is 2.19. The summed E-state index contributed by atoms with van der Waals surface area (Å²) in [7, 11) is 3.54. The fourth-order valence-electron chi connectivity index (χ4n) is 2.61. The number of ether oxygens (including phenoxy) is 3. The summed E-state index contributed by atoms with van der Waals surface area (Å²) in [6, 6.07) is -0.180. The number of likely N-dealkylation sites (N-methyl/N-ethyl adjacent to an activating group) is 1. The van der Waals surface area contributed by atoms with Crippen molar-refractivity contribution in [2.45, 2.75) is 25.7 Å². The molecule has 3 heterocycles. The third-order valence-corrected chi connectivity index (χ3v) is 3.98. The highest BCUT2D eigenvalue weighted by Gasteiger charge is 2.35. The summed E-state index contributed by atoms with van der Waals surface area (Å²) in [5.74, 6) is 1.66. The van der Waals surface area contributed by atoms with Gasteiger partial charge in [-0.2, -0.15) is 5.10 Å². The van der Waals surface area contributed by atoms with Crippen molar-refractivity contribution < 1.29 is 23.4 Å². The minimum absolute atomic E-state index is 0.0615. The predicted octanol–water partition coefficient (Wildman–Crippen LogP) is 0.538. The van der Waals surface area contributed by atoms with Crippen LogP contribution in [0.25, 0.3) is 0 Å². The molecule has 1 saturated heterocycles. The standard InChI is InChI=1S/C16H22N4O5/c1-11-4-17-15(24-11)9-23-10-16(21)20(3)13-7-22-8-14(13)25-12-5-18-19(2)6-12/h4-6,13-14H,7-10H2,1-3H3/t13-,14+/m0/s1. The summed E-state index contributed by atoms with van der Waals surface area (Å²) in [4.78, 5) is 18.0. The van der Waals surface area contributed by atoms with E-state index in [0.717, 1.165) is 0 Å². The van der Waals surface area contributed by atoms with Crippen molar-refractivity contribution in [3.63, 3.8) is 0 Å². The van der Waals surface area contributed by atoms with Gasteiger partial charge in [0.1, 0.15) is 25.1 Å². The fraction of sp³-hybridized carbons (Fsp3) is 0.562. The monoisotopic (exact) mass is 350 g/mol. The molecule has 9 heteroatoms. The quantitative estimate of drug-likeness (QED) is 0.719. The van der Waals surface area contributed by atoms with Crippen molar-refractivity contribution in [2.24, 2.45) is 7.05 Å². The molecule has 2 aromatic heterocycles. The van der Waals surface area contributed by atoms with Gasteiger partial charge in [-0.3, -0.25) is 9.48 Å². The van der Waals surface area contributed by atoms with Gasteiger partial charge in [-0.25, -0.2) is 4.98 Å². The molecule has 2 aromatic rings. The van der Waals surface area contributed by atoms with Crippen LogP contribution < -0.4 is 4.74 Å². The third kappa shape index (κ3) is 4.37. The van der Waals surface area contributed by atoms with Gasteiger partial charge in [-0.15, -0.1) is 0 Å². The highest BCUT2D eigenvalue weighted by atomic mass is 16.6. The van der Waals surface area contributed by atoms with Gasteiger partial charge >= 0.3 is 0 Å². The summed E-state index contributed by atoms with van der Waals surface area (Å²) < 4.78 is 23.7. The van der Waals surface area contributed by atoms with Crippen LogP contribution in [-0.2, 0) is 27.9 Å². The van der Waals surface area contributed by atoms with Gasteiger partial charge < -0.3 is 23.5 Å². The maximum Gasteiger partial charge on any atom is 0.248 e. The number of carbonyl (C=O) groups is 1. The minimum Gasteiger partial charge on any atom is -0.482 e. The van der Waals surface area contributed by atoms with Gasteiger partial charge in [-0.1, -0.05) is 0 Å². The first kappa shape index (κ1) is 17.4. The largest absolute Gasteiger partial charge is 0.482 e. The Kier molecular flexibility index (Phi) is 5.34. The van der Waals surface area contributed by atoms with E-state index in [1.54, 1.807) is 42.1 Å². The summed E-state index contributed by atoms with van der Waals surface area (Å²) in [6.07, 6.45) is 4.78. The lowest BCUT2D eigenvalue weighted by atomic mass is 10.2. The van der Waals surface area contributed by atoms with Crippen LogP contribution in [0.1, 0.15) is 11.7 Å². The van der Waals surface area contributed by atoms with Crippen LogP contribution in [0.4, 0.5) is 0 Å². The average Bonchev–Trinajstić information content (AvgIpc) is 3.29. The van der Waals surface area contributed by atoms with Gasteiger partial charge in [0, 0.05) is 14.1 Å². The van der Waals surface area contributed by atoms with Crippen LogP contribution >= 0.6 is 0 Å². The molecule has 0 N–H and O–H groups in total. The van der Waals surface area contributed by atoms with Gasteiger partial charge in [0.2, 0.25) is 11.8 Å². The number of oxazole rings is 1. The molecular weight excluding hydrogens is 328 g/mol. The summed E-state index contributed by atoms with van der Waals surface area (Å²) in [5, 5.41) is 4.07. The van der Waals surface area contributed by atoms with Crippen molar-refractivity contribution in [1.29, 1.82) is 0 Å². The lowest BCUT2D eigenvalue weighted by Gasteiger charge is -2.28. The van der Waals surface area contributed by atoms with Gasteiger partial charge in [-0.05, 0) is 6.92 Å². The van der Waals surface area contributed by atoms with E-state index in [4.69, 9.17) is 18.6 Å². The molecule has 3 rings (SSSR count). The fourth-order valence-corrected chi connectivity index (χ4v) is 2.61. The maximum atomic E-state index is 12.3. The Labute approximate surface area is 145 Å². The molecule has 1 aliphatic heterocycles. The SMILES string of the molecule is Cc1cnc(COCC(=O)N(C)[C@H]2COC[C@H]2Oc2cnn(C)c2)o1. The van der Waals surface area contributed by atoms with Crippen molar-refractivity contribution in [1.82, 2.24) is 19.7 Å². The molecule has 0 spiro atoms. The van der Waals surface area contributed by atoms with E-state index in [9.17, 15) is 4.79 Å². The number of nitrogens with zero attached hydrogens (tertiary/aromatic N) is 4. The molecule has 136 valence electrons. The molecule has 0 aromatic carbocycles. The van der Waals surface area contributed by atoms with E-state index in [-0.39, 0.29) is 31.3 Å². The molecular formula is C16H22N4O5. The molecule has 1 amide bonds. The van der Waals surface area contributed by atoms with Crippen LogP contribution in [0.5, 0.6) is 5.75 Å². The Morgan fingerprint density at radius 2 is 2.28 bits per heavy atom. The number of hydrogen-bond donors (Lipinski definition) is 0. The van der Waals surface area contributed by atoms with E-state index < -0.39 is 0 Å². The van der Waals surface area contributed by atoms with Crippen molar-refractivity contribution in [3.8, 4) is 5.75 Å². The van der Waals surface area contributed by atoms with Crippen LogP contribution in [0.15, 0.2) is 23.0 Å². The second-order valence-corrected chi connectivity index (χ2v) is 5.97. The number of rotatable bonds is 7. The zero-order chi connectivity index (χ0) is 17.8. The smallest absolute Gasteiger partial charge is 0.248 e. The molecule has 0 aliphatic carbocycles. The van der Waals surface area contributed by atoms with Crippen molar-refractivity contribution >= 4 is 5.91 Å². The number of aromatic nitrogens is 3. The lowest BCUT2D eigenvalue weighted by molar-refractivity contribution is -0.138. The van der Waals surface area contributed by atoms with E-state index in [2.05, 4.69) is 10.1 Å². The molecule has 1 fully saturated rings. The Bertz CT molecular complexity index is 713. The zero-order valence-corrected chi connectivity index (χ0v) is 14.5. The van der Waals surface area contributed by atoms with Crippen LogP contribution in [0.3, 0.4) is 0 Å².